The van der Waals surface area contributed by atoms with Gasteiger partial charge < -0.3 is 5.32 Å². The van der Waals surface area contributed by atoms with Gasteiger partial charge >= 0.3 is 0 Å². The molecule has 0 aliphatic carbocycles. The number of amidine groups is 2. The molecule has 0 unspecified atom stereocenters. The van der Waals surface area contributed by atoms with Crippen LogP contribution in [-0.4, -0.2) is 23.2 Å². The van der Waals surface area contributed by atoms with Crippen molar-refractivity contribution in [2.45, 2.75) is 26.7 Å². The van der Waals surface area contributed by atoms with Crippen molar-refractivity contribution >= 4 is 23.2 Å². The van der Waals surface area contributed by atoms with E-state index in [0.717, 1.165) is 0 Å². The summed E-state index contributed by atoms with van der Waals surface area (Å²) in [4.78, 5) is 31.1. The fourth-order valence-corrected chi connectivity index (χ4v) is 1.49. The maximum absolute atomic E-state index is 11.5. The highest BCUT2D eigenvalue weighted by Gasteiger charge is 2.18. The Balaban J connectivity index is 2.09. The highest BCUT2D eigenvalue weighted by Crippen LogP contribution is 2.09. The normalized spacial score (nSPS) is 20.4. The van der Waals surface area contributed by atoms with Crippen molar-refractivity contribution in [1.29, 1.82) is 0 Å². The van der Waals surface area contributed by atoms with Crippen molar-refractivity contribution in [3.8, 4) is 0 Å². The molecule has 17 heavy (non-hydrogen) atoms. The number of hydrogen-bond donors (Lipinski definition) is 1. The molecule has 2 rings (SSSR count). The first-order valence-electron chi connectivity index (χ1n) is 5.36. The number of ketones is 2. The molecule has 0 atom stereocenters. The van der Waals surface area contributed by atoms with Crippen LogP contribution in [0, 0.1) is 0 Å². The number of nitrogens with one attached hydrogen (secondary N) is 1. The Hall–Kier alpha value is -2.04. The molecular weight excluding hydrogens is 218 g/mol. The first kappa shape index (κ1) is 11.4. The van der Waals surface area contributed by atoms with E-state index >= 15 is 0 Å². The van der Waals surface area contributed by atoms with Gasteiger partial charge in [0.2, 0.25) is 0 Å². The van der Waals surface area contributed by atoms with Crippen LogP contribution in [0.3, 0.4) is 0 Å². The molecule has 0 amide bonds. The zero-order valence-electron chi connectivity index (χ0n) is 9.78. The average Bonchev–Trinajstić information content (AvgIpc) is 2.29. The molecule has 2 heterocycles. The monoisotopic (exact) mass is 231 g/mol. The first-order valence-corrected chi connectivity index (χ1v) is 5.36. The van der Waals surface area contributed by atoms with Gasteiger partial charge in [0.05, 0.1) is 12.8 Å². The second kappa shape index (κ2) is 4.45. The lowest BCUT2D eigenvalue weighted by Gasteiger charge is -2.15. The highest BCUT2D eigenvalue weighted by atomic mass is 16.1. The summed E-state index contributed by atoms with van der Waals surface area (Å²) < 4.78 is 0. The van der Waals surface area contributed by atoms with Crippen LogP contribution >= 0.6 is 0 Å². The van der Waals surface area contributed by atoms with Gasteiger partial charge in [0.25, 0.3) is 0 Å². The van der Waals surface area contributed by atoms with Crippen molar-refractivity contribution in [2.75, 3.05) is 0 Å². The molecule has 2 aliphatic heterocycles. The summed E-state index contributed by atoms with van der Waals surface area (Å²) in [5.41, 5.74) is 1.29. The van der Waals surface area contributed by atoms with Gasteiger partial charge in [-0.05, 0) is 13.8 Å². The van der Waals surface area contributed by atoms with E-state index in [1.807, 2.05) is 0 Å². The average molecular weight is 231 g/mol. The second-order valence-corrected chi connectivity index (χ2v) is 4.10. The van der Waals surface area contributed by atoms with Crippen LogP contribution in [0.4, 0.5) is 0 Å². The van der Waals surface area contributed by atoms with E-state index in [1.165, 1.54) is 12.4 Å². The van der Waals surface area contributed by atoms with E-state index in [1.54, 1.807) is 13.8 Å². The SMILES string of the molecule is CC1=CN=C(NC2=NC=C(C)C(=O)C2)CC1=O. The third-order valence-corrected chi connectivity index (χ3v) is 2.65. The van der Waals surface area contributed by atoms with Crippen LogP contribution in [0.1, 0.15) is 26.7 Å². The van der Waals surface area contributed by atoms with Gasteiger partial charge in [0.1, 0.15) is 11.7 Å². The molecule has 0 aromatic carbocycles. The smallest absolute Gasteiger partial charge is 0.167 e. The minimum Gasteiger partial charge on any atom is -0.331 e. The molecule has 0 fully saturated rings. The maximum atomic E-state index is 11.5. The van der Waals surface area contributed by atoms with Gasteiger partial charge in [0, 0.05) is 23.5 Å². The Morgan fingerprint density at radius 1 is 0.941 bits per heavy atom. The van der Waals surface area contributed by atoms with E-state index in [4.69, 9.17) is 0 Å². The number of nitrogens with zero attached hydrogens (tertiary/aromatic N) is 2. The fourth-order valence-electron chi connectivity index (χ4n) is 1.49. The van der Waals surface area contributed by atoms with Gasteiger partial charge in [-0.15, -0.1) is 0 Å². The van der Waals surface area contributed by atoms with Crippen molar-refractivity contribution in [2.24, 2.45) is 9.98 Å². The van der Waals surface area contributed by atoms with Crippen LogP contribution in [0.5, 0.6) is 0 Å². The van der Waals surface area contributed by atoms with Crippen LogP contribution in [-0.2, 0) is 9.59 Å². The standard InChI is InChI=1S/C12H13N3O2/c1-7-5-13-11(3-9(7)16)15-12-4-10(17)8(2)6-14-12/h5-6H,3-4H2,1-2H3,(H,13,14,15). The highest BCUT2D eigenvalue weighted by molar-refractivity contribution is 6.18. The molecule has 0 bridgehead atoms. The predicted molar refractivity (Wildman–Crippen MR) is 64.8 cm³/mol. The lowest BCUT2D eigenvalue weighted by Crippen LogP contribution is -2.35. The van der Waals surface area contributed by atoms with Crippen LogP contribution in [0.2, 0.25) is 0 Å². The predicted octanol–water partition coefficient (Wildman–Crippen LogP) is 1.13. The van der Waals surface area contributed by atoms with E-state index in [0.29, 0.717) is 22.8 Å². The molecule has 5 nitrogen and oxygen atoms in total. The first-order chi connectivity index (χ1) is 8.06. The molecule has 88 valence electrons. The number of carbonyl (C=O) groups excluding carboxylic acids is 2. The number of allylic oxidation sites excluding steroid dienone is 2. The molecule has 0 saturated carbocycles. The van der Waals surface area contributed by atoms with Gasteiger partial charge in [-0.3, -0.25) is 9.59 Å². The van der Waals surface area contributed by atoms with Crippen molar-refractivity contribution in [1.82, 2.24) is 5.32 Å². The molecule has 0 aromatic heterocycles. The van der Waals surface area contributed by atoms with E-state index < -0.39 is 0 Å². The minimum absolute atomic E-state index is 0.0389. The van der Waals surface area contributed by atoms with Gasteiger partial charge in [-0.25, -0.2) is 9.98 Å². The second-order valence-electron chi connectivity index (χ2n) is 4.10. The maximum Gasteiger partial charge on any atom is 0.167 e. The third kappa shape index (κ3) is 2.55. The summed E-state index contributed by atoms with van der Waals surface area (Å²) in [6.07, 6.45) is 3.53. The van der Waals surface area contributed by atoms with E-state index in [-0.39, 0.29) is 24.4 Å². The summed E-state index contributed by atoms with van der Waals surface area (Å²) in [5, 5.41) is 2.93. The molecule has 0 spiro atoms. The number of Topliss-reactive ketones (excluding diaryl/α,β-unsaturated/α-hetero) is 2. The molecular formula is C12H13N3O2. The van der Waals surface area contributed by atoms with Crippen LogP contribution in [0.15, 0.2) is 33.5 Å². The van der Waals surface area contributed by atoms with Crippen molar-refractivity contribution in [3.05, 3.63) is 23.5 Å². The van der Waals surface area contributed by atoms with Gasteiger partial charge in [-0.2, -0.15) is 0 Å². The Morgan fingerprint density at radius 3 is 1.71 bits per heavy atom. The Morgan fingerprint density at radius 2 is 1.35 bits per heavy atom. The number of carbonyl (C=O) groups is 2. The Bertz CT molecular complexity index is 464. The number of aliphatic imine (C=N–C) groups is 2. The molecule has 0 saturated heterocycles. The third-order valence-electron chi connectivity index (χ3n) is 2.65. The summed E-state index contributed by atoms with van der Waals surface area (Å²) in [5.74, 6) is 1.16. The van der Waals surface area contributed by atoms with Gasteiger partial charge in [-0.1, -0.05) is 0 Å². The lowest BCUT2D eigenvalue weighted by molar-refractivity contribution is -0.115. The fraction of sp³-hybridized carbons (Fsp3) is 0.333. The number of hydrogen-bond acceptors (Lipinski definition) is 5. The molecule has 5 heteroatoms. The van der Waals surface area contributed by atoms with E-state index in [2.05, 4.69) is 15.3 Å². The lowest BCUT2D eigenvalue weighted by atomic mass is 10.1. The molecule has 1 N–H and O–H groups in total. The zero-order chi connectivity index (χ0) is 12.4. The largest absolute Gasteiger partial charge is 0.331 e. The quantitative estimate of drug-likeness (QED) is 0.679. The Kier molecular flexibility index (Phi) is 2.99. The molecule has 0 radical (unpaired) electrons. The van der Waals surface area contributed by atoms with Crippen LogP contribution < -0.4 is 5.32 Å². The zero-order valence-corrected chi connectivity index (χ0v) is 9.78. The summed E-state index contributed by atoms with van der Waals surface area (Å²) in [6, 6.07) is 0. The number of rotatable bonds is 0. The summed E-state index contributed by atoms with van der Waals surface area (Å²) in [7, 11) is 0. The molecule has 0 aromatic rings. The molecule has 2 aliphatic rings. The summed E-state index contributed by atoms with van der Waals surface area (Å²) in [6.45, 7) is 3.47. The minimum atomic E-state index is 0.0389. The Labute approximate surface area is 99.0 Å². The van der Waals surface area contributed by atoms with Crippen LogP contribution in [0.25, 0.3) is 0 Å². The van der Waals surface area contributed by atoms with Gasteiger partial charge in [0.15, 0.2) is 11.6 Å². The topological polar surface area (TPSA) is 70.9 Å². The summed E-state index contributed by atoms with van der Waals surface area (Å²) >= 11 is 0. The van der Waals surface area contributed by atoms with Crippen molar-refractivity contribution in [3.63, 3.8) is 0 Å². The van der Waals surface area contributed by atoms with Crippen molar-refractivity contribution < 1.29 is 9.59 Å². The van der Waals surface area contributed by atoms with E-state index in [9.17, 15) is 9.59 Å².